The highest BCUT2D eigenvalue weighted by Crippen LogP contribution is 2.23. The highest BCUT2D eigenvalue weighted by Gasteiger charge is 2.08. The number of benzene rings is 1. The average Bonchev–Trinajstić information content (AvgIpc) is 2.73. The zero-order valence-electron chi connectivity index (χ0n) is 9.40. The molecule has 90 valence electrons. The molecule has 17 heavy (non-hydrogen) atoms. The number of nitrogens with zero attached hydrogens (tertiary/aromatic N) is 1. The van der Waals surface area contributed by atoms with Gasteiger partial charge in [-0.3, -0.25) is 4.79 Å². The molecule has 1 aromatic heterocycles. The molecular weight excluding hydrogens is 238 g/mol. The van der Waals surface area contributed by atoms with Crippen molar-refractivity contribution in [2.75, 3.05) is 18.5 Å². The number of anilines is 1. The smallest absolute Gasteiger partial charge is 0.229 e. The molecule has 0 spiro atoms. The summed E-state index contributed by atoms with van der Waals surface area (Å²) in [6.07, 6.45) is 0. The normalized spacial score (nSPS) is 10.6. The monoisotopic (exact) mass is 251 g/mol. The molecule has 0 aliphatic rings. The molecular formula is C11H13N3O2S. The number of thioether (sulfide) groups is 1. The van der Waals surface area contributed by atoms with Crippen LogP contribution in [0.1, 0.15) is 5.89 Å². The van der Waals surface area contributed by atoms with Gasteiger partial charge in [0.15, 0.2) is 5.58 Å². The van der Waals surface area contributed by atoms with Crippen LogP contribution in [0.4, 0.5) is 5.69 Å². The van der Waals surface area contributed by atoms with Crippen molar-refractivity contribution >= 4 is 34.5 Å². The van der Waals surface area contributed by atoms with Gasteiger partial charge in [0.1, 0.15) is 5.52 Å². The van der Waals surface area contributed by atoms with Gasteiger partial charge in [0.05, 0.1) is 17.2 Å². The number of oxazole rings is 1. The van der Waals surface area contributed by atoms with Crippen molar-refractivity contribution in [1.82, 2.24) is 10.3 Å². The Morgan fingerprint density at radius 1 is 1.59 bits per heavy atom. The number of hydrogen-bond acceptors (Lipinski definition) is 5. The number of para-hydroxylation sites is 1. The van der Waals surface area contributed by atoms with Crippen molar-refractivity contribution < 1.29 is 9.21 Å². The van der Waals surface area contributed by atoms with Crippen LogP contribution in [0.25, 0.3) is 11.1 Å². The van der Waals surface area contributed by atoms with Gasteiger partial charge >= 0.3 is 0 Å². The summed E-state index contributed by atoms with van der Waals surface area (Å²) in [6, 6.07) is 5.43. The Labute approximate surface area is 103 Å². The quantitative estimate of drug-likeness (QED) is 0.802. The summed E-state index contributed by atoms with van der Waals surface area (Å²) in [7, 11) is 1.61. The van der Waals surface area contributed by atoms with E-state index in [0.29, 0.717) is 34.2 Å². The summed E-state index contributed by atoms with van der Waals surface area (Å²) in [4.78, 5) is 15.3. The van der Waals surface area contributed by atoms with Crippen LogP contribution >= 0.6 is 11.8 Å². The molecule has 3 N–H and O–H groups in total. The van der Waals surface area contributed by atoms with Gasteiger partial charge in [-0.05, 0) is 12.1 Å². The summed E-state index contributed by atoms with van der Waals surface area (Å²) >= 11 is 1.45. The number of nitrogens with two attached hydrogens (primary N) is 1. The van der Waals surface area contributed by atoms with Gasteiger partial charge in [-0.1, -0.05) is 6.07 Å². The summed E-state index contributed by atoms with van der Waals surface area (Å²) in [5, 5.41) is 2.56. The number of nitrogens with one attached hydrogen (secondary N) is 1. The van der Waals surface area contributed by atoms with E-state index >= 15 is 0 Å². The summed E-state index contributed by atoms with van der Waals surface area (Å²) in [6.45, 7) is 0. The lowest BCUT2D eigenvalue weighted by molar-refractivity contribution is -0.118. The van der Waals surface area contributed by atoms with E-state index in [1.165, 1.54) is 11.8 Å². The van der Waals surface area contributed by atoms with Crippen LogP contribution in [0.15, 0.2) is 22.6 Å². The zero-order valence-corrected chi connectivity index (χ0v) is 10.2. The number of fused-ring (bicyclic) bond motifs is 1. The molecule has 0 saturated carbocycles. The van der Waals surface area contributed by atoms with E-state index in [0.717, 1.165) is 0 Å². The van der Waals surface area contributed by atoms with Crippen molar-refractivity contribution in [2.45, 2.75) is 5.75 Å². The maximum absolute atomic E-state index is 11.0. The van der Waals surface area contributed by atoms with E-state index in [1.807, 2.05) is 12.1 Å². The molecule has 2 aromatic rings. The van der Waals surface area contributed by atoms with E-state index in [1.54, 1.807) is 13.1 Å². The van der Waals surface area contributed by atoms with Crippen molar-refractivity contribution in [3.8, 4) is 0 Å². The Bertz CT molecular complexity index is 538. The fourth-order valence-electron chi connectivity index (χ4n) is 1.38. The third-order valence-corrected chi connectivity index (χ3v) is 3.15. The van der Waals surface area contributed by atoms with Crippen molar-refractivity contribution in [1.29, 1.82) is 0 Å². The van der Waals surface area contributed by atoms with Gasteiger partial charge < -0.3 is 15.5 Å². The lowest BCUT2D eigenvalue weighted by Gasteiger charge is -1.96. The number of carbonyl (C=O) groups excluding carboxylic acids is 1. The van der Waals surface area contributed by atoms with Crippen LogP contribution in [0.2, 0.25) is 0 Å². The third-order valence-electron chi connectivity index (χ3n) is 2.23. The van der Waals surface area contributed by atoms with Crippen LogP contribution in [0.3, 0.4) is 0 Å². The summed E-state index contributed by atoms with van der Waals surface area (Å²) in [5.74, 6) is 1.53. The highest BCUT2D eigenvalue weighted by atomic mass is 32.2. The van der Waals surface area contributed by atoms with Crippen LogP contribution in [0, 0.1) is 0 Å². The molecule has 1 heterocycles. The van der Waals surface area contributed by atoms with Gasteiger partial charge in [0, 0.05) is 7.05 Å². The second-order valence-electron chi connectivity index (χ2n) is 3.47. The SMILES string of the molecule is CNC(=O)CSCc1nc2c(N)cccc2o1. The molecule has 0 atom stereocenters. The molecule has 1 aromatic carbocycles. The maximum Gasteiger partial charge on any atom is 0.229 e. The minimum atomic E-state index is -0.00868. The average molecular weight is 251 g/mol. The molecule has 1 amide bonds. The lowest BCUT2D eigenvalue weighted by Crippen LogP contribution is -2.19. The van der Waals surface area contributed by atoms with Gasteiger partial charge in [-0.15, -0.1) is 11.8 Å². The maximum atomic E-state index is 11.0. The van der Waals surface area contributed by atoms with Crippen molar-refractivity contribution in [3.05, 3.63) is 24.1 Å². The molecule has 0 unspecified atom stereocenters. The Morgan fingerprint density at radius 3 is 3.12 bits per heavy atom. The van der Waals surface area contributed by atoms with Gasteiger partial charge in [0.2, 0.25) is 11.8 Å². The number of rotatable bonds is 4. The van der Waals surface area contributed by atoms with Crippen molar-refractivity contribution in [2.24, 2.45) is 0 Å². The van der Waals surface area contributed by atoms with E-state index in [9.17, 15) is 4.79 Å². The standard InChI is InChI=1S/C11H13N3O2S/c1-13-9(15)5-17-6-10-14-11-7(12)3-2-4-8(11)16-10/h2-4H,5-6,12H2,1H3,(H,13,15). The summed E-state index contributed by atoms with van der Waals surface area (Å²) < 4.78 is 5.52. The van der Waals surface area contributed by atoms with E-state index in [4.69, 9.17) is 10.2 Å². The largest absolute Gasteiger partial charge is 0.440 e. The minimum Gasteiger partial charge on any atom is -0.440 e. The second kappa shape index (κ2) is 5.09. The van der Waals surface area contributed by atoms with E-state index in [-0.39, 0.29) is 5.91 Å². The number of hydrogen-bond donors (Lipinski definition) is 2. The molecule has 0 aliphatic carbocycles. The topological polar surface area (TPSA) is 81.2 Å². The molecule has 0 bridgehead atoms. The van der Waals surface area contributed by atoms with Crippen LogP contribution in [-0.2, 0) is 10.5 Å². The van der Waals surface area contributed by atoms with Crippen molar-refractivity contribution in [3.63, 3.8) is 0 Å². The second-order valence-corrected chi connectivity index (χ2v) is 4.45. The van der Waals surface area contributed by atoms with Crippen LogP contribution < -0.4 is 11.1 Å². The Hall–Kier alpha value is -1.69. The van der Waals surface area contributed by atoms with Gasteiger partial charge in [0.25, 0.3) is 0 Å². The predicted octanol–water partition coefficient (Wildman–Crippen LogP) is 1.39. The highest BCUT2D eigenvalue weighted by molar-refractivity contribution is 7.99. The third kappa shape index (κ3) is 2.71. The minimum absolute atomic E-state index is 0.00868. The molecule has 6 heteroatoms. The molecule has 0 radical (unpaired) electrons. The van der Waals surface area contributed by atoms with Gasteiger partial charge in [-0.2, -0.15) is 0 Å². The first-order valence-corrected chi connectivity index (χ1v) is 6.28. The number of nitrogen functional groups attached to an aromatic ring is 1. The molecule has 0 saturated heterocycles. The lowest BCUT2D eigenvalue weighted by atomic mass is 10.3. The van der Waals surface area contributed by atoms with Gasteiger partial charge in [-0.25, -0.2) is 4.98 Å². The fourth-order valence-corrected chi connectivity index (χ4v) is 2.11. The first-order chi connectivity index (χ1) is 8.20. The zero-order chi connectivity index (χ0) is 12.3. The Morgan fingerprint density at radius 2 is 2.41 bits per heavy atom. The molecule has 0 fully saturated rings. The number of carbonyl (C=O) groups is 1. The first kappa shape index (κ1) is 11.8. The van der Waals surface area contributed by atoms with E-state index in [2.05, 4.69) is 10.3 Å². The molecule has 2 rings (SSSR count). The Kier molecular flexibility index (Phi) is 3.53. The molecule has 0 aliphatic heterocycles. The first-order valence-electron chi connectivity index (χ1n) is 5.13. The summed E-state index contributed by atoms with van der Waals surface area (Å²) in [5.41, 5.74) is 7.74. The number of aromatic nitrogens is 1. The number of amides is 1. The van der Waals surface area contributed by atoms with E-state index < -0.39 is 0 Å². The Balaban J connectivity index is 2.05. The molecule has 5 nitrogen and oxygen atoms in total. The predicted molar refractivity (Wildman–Crippen MR) is 68.7 cm³/mol. The van der Waals surface area contributed by atoms with Crippen LogP contribution in [0.5, 0.6) is 0 Å². The van der Waals surface area contributed by atoms with Crippen LogP contribution in [-0.4, -0.2) is 23.7 Å². The fraction of sp³-hybridized carbons (Fsp3) is 0.273.